The molecule has 2 aromatic rings. The van der Waals surface area contributed by atoms with Crippen LogP contribution in [0.25, 0.3) is 0 Å². The zero-order valence-corrected chi connectivity index (χ0v) is 19.7. The number of benzene rings is 2. The molecule has 0 aliphatic heterocycles. The monoisotopic (exact) mass is 463 g/mol. The lowest BCUT2D eigenvalue weighted by molar-refractivity contribution is -0.140. The predicted molar refractivity (Wildman–Crippen MR) is 123 cm³/mol. The van der Waals surface area contributed by atoms with Crippen LogP contribution in [0.1, 0.15) is 30.9 Å². The molecule has 0 aliphatic carbocycles. The summed E-state index contributed by atoms with van der Waals surface area (Å²) < 4.78 is 39.6. The average Bonchev–Trinajstić information content (AvgIpc) is 2.74. The smallest absolute Gasteiger partial charge is 0.242 e. The van der Waals surface area contributed by atoms with E-state index in [2.05, 4.69) is 5.32 Å². The molecule has 2 amide bonds. The third-order valence-corrected chi connectivity index (χ3v) is 6.30. The topological polar surface area (TPSA) is 86.8 Å². The summed E-state index contributed by atoms with van der Waals surface area (Å²) in [4.78, 5) is 26.7. The van der Waals surface area contributed by atoms with Crippen molar-refractivity contribution in [2.24, 2.45) is 0 Å². The molecular formula is C23H30FN3O4S. The zero-order valence-electron chi connectivity index (χ0n) is 18.8. The molecule has 0 aliphatic rings. The second-order valence-electron chi connectivity index (χ2n) is 7.69. The molecule has 9 heteroatoms. The molecule has 0 bridgehead atoms. The summed E-state index contributed by atoms with van der Waals surface area (Å²) >= 11 is 0. The van der Waals surface area contributed by atoms with E-state index < -0.39 is 21.9 Å². The van der Waals surface area contributed by atoms with Crippen LogP contribution in [-0.4, -0.2) is 51.0 Å². The molecule has 0 saturated heterocycles. The largest absolute Gasteiger partial charge is 0.357 e. The standard InChI is InChI=1S/C23H30FN3O4S/c1-17-9-7-10-19(15-17)16-26(18(2)23(29)25-3)22(28)13-8-14-27(32(4,30)31)21-12-6-5-11-20(21)24/h5-7,9-12,15,18H,8,13-14,16H2,1-4H3,(H,25,29). The Bertz CT molecular complexity index is 1060. The van der Waals surface area contributed by atoms with Gasteiger partial charge in [0.2, 0.25) is 21.8 Å². The molecule has 1 atom stereocenters. The second kappa shape index (κ2) is 11.1. The minimum atomic E-state index is -3.74. The molecule has 0 saturated carbocycles. The minimum absolute atomic E-state index is 0.00756. The first-order valence-electron chi connectivity index (χ1n) is 10.3. The Morgan fingerprint density at radius 3 is 2.41 bits per heavy atom. The summed E-state index contributed by atoms with van der Waals surface area (Å²) in [5, 5.41) is 2.56. The normalized spacial score (nSPS) is 12.2. The van der Waals surface area contributed by atoms with E-state index in [0.717, 1.165) is 21.7 Å². The van der Waals surface area contributed by atoms with E-state index in [1.54, 1.807) is 13.0 Å². The number of anilines is 1. The summed E-state index contributed by atoms with van der Waals surface area (Å²) in [5.41, 5.74) is 1.87. The maximum Gasteiger partial charge on any atom is 0.242 e. The van der Waals surface area contributed by atoms with Gasteiger partial charge in [0.05, 0.1) is 11.9 Å². The van der Waals surface area contributed by atoms with Crippen molar-refractivity contribution in [3.05, 3.63) is 65.5 Å². The molecule has 7 nitrogen and oxygen atoms in total. The molecule has 2 aromatic carbocycles. The van der Waals surface area contributed by atoms with Gasteiger partial charge in [-0.1, -0.05) is 42.0 Å². The molecule has 0 spiro atoms. The number of halogens is 1. The summed E-state index contributed by atoms with van der Waals surface area (Å²) in [7, 11) is -2.23. The Morgan fingerprint density at radius 2 is 1.81 bits per heavy atom. The van der Waals surface area contributed by atoms with Crippen molar-refractivity contribution >= 4 is 27.5 Å². The van der Waals surface area contributed by atoms with Crippen LogP contribution in [0.4, 0.5) is 10.1 Å². The summed E-state index contributed by atoms with van der Waals surface area (Å²) in [5.74, 6) is -1.24. The Balaban J connectivity index is 2.15. The van der Waals surface area contributed by atoms with E-state index in [1.165, 1.54) is 30.1 Å². The van der Waals surface area contributed by atoms with E-state index in [-0.39, 0.29) is 43.4 Å². The van der Waals surface area contributed by atoms with Crippen LogP contribution in [0.5, 0.6) is 0 Å². The van der Waals surface area contributed by atoms with Gasteiger partial charge in [-0.15, -0.1) is 0 Å². The number of para-hydroxylation sites is 1. The fraction of sp³-hybridized carbons (Fsp3) is 0.391. The van der Waals surface area contributed by atoms with Gasteiger partial charge in [-0.25, -0.2) is 12.8 Å². The number of aryl methyl sites for hydroxylation is 1. The van der Waals surface area contributed by atoms with Crippen molar-refractivity contribution in [1.82, 2.24) is 10.2 Å². The lowest BCUT2D eigenvalue weighted by Crippen LogP contribution is -2.46. The van der Waals surface area contributed by atoms with Gasteiger partial charge >= 0.3 is 0 Å². The number of likely N-dealkylation sites (N-methyl/N-ethyl adjacent to an activating group) is 1. The van der Waals surface area contributed by atoms with Crippen LogP contribution in [-0.2, 0) is 26.2 Å². The lowest BCUT2D eigenvalue weighted by atomic mass is 10.1. The number of hydrogen-bond acceptors (Lipinski definition) is 4. The number of hydrogen-bond donors (Lipinski definition) is 1. The van der Waals surface area contributed by atoms with Crippen LogP contribution in [0.2, 0.25) is 0 Å². The van der Waals surface area contributed by atoms with E-state index in [1.807, 2.05) is 31.2 Å². The third kappa shape index (κ3) is 6.78. The van der Waals surface area contributed by atoms with E-state index in [9.17, 15) is 22.4 Å². The third-order valence-electron chi connectivity index (χ3n) is 5.12. The van der Waals surface area contributed by atoms with Crippen molar-refractivity contribution in [1.29, 1.82) is 0 Å². The van der Waals surface area contributed by atoms with E-state index in [0.29, 0.717) is 0 Å². The van der Waals surface area contributed by atoms with Crippen molar-refractivity contribution in [2.75, 3.05) is 24.2 Å². The SMILES string of the molecule is CNC(=O)C(C)N(Cc1cccc(C)c1)C(=O)CCCN(c1ccccc1F)S(C)(=O)=O. The summed E-state index contributed by atoms with van der Waals surface area (Å²) in [6, 6.07) is 12.6. The van der Waals surface area contributed by atoms with Gasteiger partial charge < -0.3 is 10.2 Å². The second-order valence-corrected chi connectivity index (χ2v) is 9.60. The van der Waals surface area contributed by atoms with E-state index in [4.69, 9.17) is 0 Å². The molecule has 0 aromatic heterocycles. The van der Waals surface area contributed by atoms with Gasteiger partial charge in [-0.3, -0.25) is 13.9 Å². The van der Waals surface area contributed by atoms with Crippen LogP contribution in [0.3, 0.4) is 0 Å². The molecule has 0 heterocycles. The number of carbonyl (C=O) groups excluding carboxylic acids is 2. The minimum Gasteiger partial charge on any atom is -0.357 e. The maximum atomic E-state index is 14.2. The van der Waals surface area contributed by atoms with Crippen LogP contribution in [0.15, 0.2) is 48.5 Å². The Labute approximate surface area is 189 Å². The molecule has 174 valence electrons. The lowest BCUT2D eigenvalue weighted by Gasteiger charge is -2.29. The molecule has 1 N–H and O–H groups in total. The van der Waals surface area contributed by atoms with Crippen molar-refractivity contribution in [3.63, 3.8) is 0 Å². The number of amides is 2. The highest BCUT2D eigenvalue weighted by Gasteiger charge is 2.26. The number of carbonyl (C=O) groups is 2. The van der Waals surface area contributed by atoms with Gasteiger partial charge in [0.25, 0.3) is 0 Å². The first-order valence-corrected chi connectivity index (χ1v) is 12.2. The fourth-order valence-electron chi connectivity index (χ4n) is 3.44. The maximum absolute atomic E-state index is 14.2. The fourth-order valence-corrected chi connectivity index (χ4v) is 4.40. The van der Waals surface area contributed by atoms with Gasteiger partial charge in [0.15, 0.2) is 0 Å². The Hall–Kier alpha value is -2.94. The van der Waals surface area contributed by atoms with Crippen LogP contribution >= 0.6 is 0 Å². The quantitative estimate of drug-likeness (QED) is 0.587. The highest BCUT2D eigenvalue weighted by atomic mass is 32.2. The zero-order chi connectivity index (χ0) is 23.9. The van der Waals surface area contributed by atoms with Crippen molar-refractivity contribution in [3.8, 4) is 0 Å². The van der Waals surface area contributed by atoms with Crippen molar-refractivity contribution in [2.45, 2.75) is 39.3 Å². The molecule has 1 unspecified atom stereocenters. The summed E-state index contributed by atoms with van der Waals surface area (Å²) in [6.07, 6.45) is 1.18. The van der Waals surface area contributed by atoms with E-state index >= 15 is 0 Å². The molecule has 32 heavy (non-hydrogen) atoms. The van der Waals surface area contributed by atoms with Gasteiger partial charge in [0, 0.05) is 26.6 Å². The number of nitrogens with one attached hydrogen (secondary N) is 1. The van der Waals surface area contributed by atoms with Gasteiger partial charge in [-0.05, 0) is 38.0 Å². The van der Waals surface area contributed by atoms with Gasteiger partial charge in [0.1, 0.15) is 11.9 Å². The Kier molecular flexibility index (Phi) is 8.77. The number of sulfonamides is 1. The highest BCUT2D eigenvalue weighted by molar-refractivity contribution is 7.92. The van der Waals surface area contributed by atoms with Crippen LogP contribution < -0.4 is 9.62 Å². The average molecular weight is 464 g/mol. The molecule has 2 rings (SSSR count). The Morgan fingerprint density at radius 1 is 1.12 bits per heavy atom. The first kappa shape index (κ1) is 25.3. The highest BCUT2D eigenvalue weighted by Crippen LogP contribution is 2.22. The van der Waals surface area contributed by atoms with Crippen molar-refractivity contribution < 1.29 is 22.4 Å². The molecule has 0 fully saturated rings. The van der Waals surface area contributed by atoms with Gasteiger partial charge in [-0.2, -0.15) is 0 Å². The summed E-state index contributed by atoms with van der Waals surface area (Å²) in [6.45, 7) is 3.78. The first-order chi connectivity index (χ1) is 15.0. The number of rotatable bonds is 10. The molecule has 0 radical (unpaired) electrons. The van der Waals surface area contributed by atoms with Crippen LogP contribution in [0, 0.1) is 12.7 Å². The predicted octanol–water partition coefficient (Wildman–Crippen LogP) is 2.84. The molecular weight excluding hydrogens is 433 g/mol. The number of nitrogens with zero attached hydrogens (tertiary/aromatic N) is 2.